The number of nitrogens with zero attached hydrogens (tertiary/aromatic N) is 2. The van der Waals surface area contributed by atoms with E-state index in [1.807, 2.05) is 24.0 Å². The molecule has 0 radical (unpaired) electrons. The van der Waals surface area contributed by atoms with Crippen LogP contribution in [0, 0.1) is 6.92 Å². The van der Waals surface area contributed by atoms with E-state index in [2.05, 4.69) is 22.1 Å². The van der Waals surface area contributed by atoms with Crippen molar-refractivity contribution in [2.24, 2.45) is 0 Å². The van der Waals surface area contributed by atoms with Gasteiger partial charge in [-0.15, -0.1) is 0 Å². The number of nitrogens with one attached hydrogen (secondary N) is 1. The fourth-order valence-corrected chi connectivity index (χ4v) is 2.96. The number of H-pyrrole nitrogens is 1. The van der Waals surface area contributed by atoms with E-state index < -0.39 is 0 Å². The highest BCUT2D eigenvalue weighted by Crippen LogP contribution is 2.28. The second-order valence-electron chi connectivity index (χ2n) is 5.75. The van der Waals surface area contributed by atoms with E-state index in [1.165, 1.54) is 5.56 Å². The van der Waals surface area contributed by atoms with Gasteiger partial charge in [-0.05, 0) is 31.0 Å². The maximum Gasteiger partial charge on any atom is 0.228 e. The lowest BCUT2D eigenvalue weighted by molar-refractivity contribution is -0.129. The van der Waals surface area contributed by atoms with Gasteiger partial charge in [0.15, 0.2) is 0 Å². The third-order valence-electron chi connectivity index (χ3n) is 4.38. The van der Waals surface area contributed by atoms with Gasteiger partial charge in [-0.1, -0.05) is 12.1 Å². The summed E-state index contributed by atoms with van der Waals surface area (Å²) in [4.78, 5) is 21.6. The van der Waals surface area contributed by atoms with Crippen LogP contribution in [0.5, 0.6) is 5.75 Å². The fourth-order valence-electron chi connectivity index (χ4n) is 2.96. The van der Waals surface area contributed by atoms with E-state index in [-0.39, 0.29) is 5.91 Å². The van der Waals surface area contributed by atoms with E-state index in [0.29, 0.717) is 12.3 Å². The Bertz CT molecular complexity index is 648. The average Bonchev–Trinajstić information content (AvgIpc) is 3.17. The predicted octanol–water partition coefficient (Wildman–Crippen LogP) is 2.29. The molecule has 116 valence electrons. The van der Waals surface area contributed by atoms with Gasteiger partial charge >= 0.3 is 0 Å². The molecule has 1 saturated heterocycles. The van der Waals surface area contributed by atoms with E-state index in [9.17, 15) is 4.79 Å². The molecule has 5 nitrogen and oxygen atoms in total. The van der Waals surface area contributed by atoms with Crippen LogP contribution in [0.15, 0.2) is 30.6 Å². The Morgan fingerprint density at radius 3 is 2.82 bits per heavy atom. The zero-order chi connectivity index (χ0) is 15.5. The molecule has 22 heavy (non-hydrogen) atoms. The SMILES string of the molecule is COc1ccc([C@H]2CCN(C(=O)Cc3nc[nH]c3C)C2)cc1. The van der Waals surface area contributed by atoms with Gasteiger partial charge in [0, 0.05) is 24.7 Å². The Labute approximate surface area is 130 Å². The van der Waals surface area contributed by atoms with Crippen LogP contribution in [0.3, 0.4) is 0 Å². The summed E-state index contributed by atoms with van der Waals surface area (Å²) in [6.45, 7) is 3.55. The number of carbonyl (C=O) groups is 1. The molecule has 1 atom stereocenters. The third kappa shape index (κ3) is 2.98. The van der Waals surface area contributed by atoms with Crippen LogP contribution in [-0.2, 0) is 11.2 Å². The number of hydrogen-bond acceptors (Lipinski definition) is 3. The second-order valence-corrected chi connectivity index (χ2v) is 5.75. The maximum absolute atomic E-state index is 12.4. The van der Waals surface area contributed by atoms with Gasteiger partial charge < -0.3 is 14.6 Å². The minimum atomic E-state index is 0.159. The molecule has 0 spiro atoms. The summed E-state index contributed by atoms with van der Waals surface area (Å²) >= 11 is 0. The highest BCUT2D eigenvalue weighted by Gasteiger charge is 2.27. The first-order chi connectivity index (χ1) is 10.7. The van der Waals surface area contributed by atoms with Crippen LogP contribution in [0.1, 0.15) is 29.3 Å². The van der Waals surface area contributed by atoms with Crippen LogP contribution in [0.2, 0.25) is 0 Å². The van der Waals surface area contributed by atoms with Gasteiger partial charge in [-0.3, -0.25) is 4.79 Å². The number of rotatable bonds is 4. The molecule has 1 fully saturated rings. The maximum atomic E-state index is 12.4. The van der Waals surface area contributed by atoms with Gasteiger partial charge in [0.05, 0.1) is 25.6 Å². The molecule has 1 amide bonds. The molecule has 0 unspecified atom stereocenters. The molecule has 0 bridgehead atoms. The van der Waals surface area contributed by atoms with Gasteiger partial charge in [0.1, 0.15) is 5.75 Å². The Kier molecular flexibility index (Phi) is 4.13. The minimum Gasteiger partial charge on any atom is -0.497 e. The fraction of sp³-hybridized carbons (Fsp3) is 0.412. The van der Waals surface area contributed by atoms with Crippen molar-refractivity contribution in [3.8, 4) is 5.75 Å². The van der Waals surface area contributed by atoms with Crippen molar-refractivity contribution in [1.29, 1.82) is 0 Å². The van der Waals surface area contributed by atoms with Gasteiger partial charge in [0.2, 0.25) is 5.91 Å². The van der Waals surface area contributed by atoms with E-state index in [0.717, 1.165) is 36.6 Å². The van der Waals surface area contributed by atoms with Crippen molar-refractivity contribution in [2.45, 2.75) is 25.7 Å². The van der Waals surface area contributed by atoms with Crippen LogP contribution in [-0.4, -0.2) is 41.0 Å². The molecular weight excluding hydrogens is 278 g/mol. The predicted molar refractivity (Wildman–Crippen MR) is 84.0 cm³/mol. The molecular formula is C17H21N3O2. The average molecular weight is 299 g/mol. The highest BCUT2D eigenvalue weighted by atomic mass is 16.5. The second kappa shape index (κ2) is 6.22. The number of carbonyl (C=O) groups excluding carboxylic acids is 1. The number of aromatic amines is 1. The number of benzene rings is 1. The largest absolute Gasteiger partial charge is 0.497 e. The lowest BCUT2D eigenvalue weighted by Gasteiger charge is -2.16. The van der Waals surface area contributed by atoms with Gasteiger partial charge in [0.25, 0.3) is 0 Å². The van der Waals surface area contributed by atoms with Crippen LogP contribution < -0.4 is 4.74 Å². The number of amides is 1. The van der Waals surface area contributed by atoms with Crippen LogP contribution in [0.25, 0.3) is 0 Å². The molecule has 0 aliphatic carbocycles. The smallest absolute Gasteiger partial charge is 0.228 e. The molecule has 5 heteroatoms. The molecule has 1 aliphatic heterocycles. The summed E-state index contributed by atoms with van der Waals surface area (Å²) in [6.07, 6.45) is 3.03. The molecule has 1 N–H and O–H groups in total. The number of aromatic nitrogens is 2. The molecule has 2 heterocycles. The molecule has 2 aromatic rings. The lowest BCUT2D eigenvalue weighted by Crippen LogP contribution is -2.30. The zero-order valence-corrected chi connectivity index (χ0v) is 13.0. The first-order valence-electron chi connectivity index (χ1n) is 7.58. The van der Waals surface area contributed by atoms with Crippen molar-refractivity contribution in [2.75, 3.05) is 20.2 Å². The number of ether oxygens (including phenoxy) is 1. The number of hydrogen-bond donors (Lipinski definition) is 1. The molecule has 1 aromatic carbocycles. The van der Waals surface area contributed by atoms with Crippen molar-refractivity contribution < 1.29 is 9.53 Å². The van der Waals surface area contributed by atoms with Gasteiger partial charge in [-0.25, -0.2) is 4.98 Å². The number of methoxy groups -OCH3 is 1. The van der Waals surface area contributed by atoms with Crippen molar-refractivity contribution in [3.63, 3.8) is 0 Å². The van der Waals surface area contributed by atoms with E-state index in [1.54, 1.807) is 13.4 Å². The Morgan fingerprint density at radius 1 is 1.41 bits per heavy atom. The van der Waals surface area contributed by atoms with E-state index >= 15 is 0 Å². The summed E-state index contributed by atoms with van der Waals surface area (Å²) in [5, 5.41) is 0. The van der Waals surface area contributed by atoms with Crippen molar-refractivity contribution >= 4 is 5.91 Å². The topological polar surface area (TPSA) is 58.2 Å². The quantitative estimate of drug-likeness (QED) is 0.942. The molecule has 1 aromatic heterocycles. The normalized spacial score (nSPS) is 17.7. The molecule has 1 aliphatic rings. The summed E-state index contributed by atoms with van der Waals surface area (Å²) in [7, 11) is 1.67. The van der Waals surface area contributed by atoms with Crippen molar-refractivity contribution in [3.05, 3.63) is 47.5 Å². The number of imidazole rings is 1. The lowest BCUT2D eigenvalue weighted by atomic mass is 9.98. The standard InChI is InChI=1S/C17H21N3O2/c1-12-16(19-11-18-12)9-17(21)20-8-7-14(10-20)13-3-5-15(22-2)6-4-13/h3-6,11,14H,7-10H2,1-2H3,(H,18,19)/t14-/m0/s1. The Balaban J connectivity index is 1.61. The Hall–Kier alpha value is -2.30. The summed E-state index contributed by atoms with van der Waals surface area (Å²) in [6, 6.07) is 8.14. The van der Waals surface area contributed by atoms with Crippen LogP contribution in [0.4, 0.5) is 0 Å². The van der Waals surface area contributed by atoms with E-state index in [4.69, 9.17) is 4.74 Å². The number of likely N-dealkylation sites (tertiary alicyclic amines) is 1. The molecule has 0 saturated carbocycles. The minimum absolute atomic E-state index is 0.159. The van der Waals surface area contributed by atoms with Crippen molar-refractivity contribution in [1.82, 2.24) is 14.9 Å². The third-order valence-corrected chi connectivity index (χ3v) is 4.38. The highest BCUT2D eigenvalue weighted by molar-refractivity contribution is 5.79. The summed E-state index contributed by atoms with van der Waals surface area (Å²) in [5.41, 5.74) is 3.09. The zero-order valence-electron chi connectivity index (χ0n) is 13.0. The first kappa shape index (κ1) is 14.6. The number of aryl methyl sites for hydroxylation is 1. The first-order valence-corrected chi connectivity index (χ1v) is 7.58. The molecule has 3 rings (SSSR count). The van der Waals surface area contributed by atoms with Gasteiger partial charge in [-0.2, -0.15) is 0 Å². The monoisotopic (exact) mass is 299 g/mol. The Morgan fingerprint density at radius 2 is 2.18 bits per heavy atom. The van der Waals surface area contributed by atoms with Crippen LogP contribution >= 0.6 is 0 Å². The summed E-state index contributed by atoms with van der Waals surface area (Å²) < 4.78 is 5.19. The summed E-state index contributed by atoms with van der Waals surface area (Å²) in [5.74, 6) is 1.44.